The molecule has 0 aromatic heterocycles. The Kier molecular flexibility index (Phi) is 8.01. The molecule has 2 aromatic rings. The first-order valence-electron chi connectivity index (χ1n) is 10.4. The van der Waals surface area contributed by atoms with Crippen LogP contribution in [-0.2, 0) is 0 Å². The highest BCUT2D eigenvalue weighted by Crippen LogP contribution is 2.41. The number of hydrogen-bond donors (Lipinski definition) is 0. The maximum Gasteiger partial charge on any atom is 0.250 e. The van der Waals surface area contributed by atoms with Crippen LogP contribution in [0.1, 0.15) is 36.7 Å². The predicted molar refractivity (Wildman–Crippen MR) is 130 cm³/mol. The highest BCUT2D eigenvalue weighted by atomic mass is 28.4. The van der Waals surface area contributed by atoms with Gasteiger partial charge in [0.2, 0.25) is 5.75 Å². The predicted octanol–water partition coefficient (Wildman–Crippen LogP) is 6.00. The number of rotatable bonds is 9. The Labute approximate surface area is 192 Å². The molecule has 0 aliphatic heterocycles. The van der Waals surface area contributed by atoms with Crippen molar-refractivity contribution in [2.45, 2.75) is 38.9 Å². The summed E-state index contributed by atoms with van der Waals surface area (Å²) in [4.78, 5) is 12.8. The van der Waals surface area contributed by atoms with E-state index in [1.54, 1.807) is 25.3 Å². The Bertz CT molecular complexity index is 963. The summed E-state index contributed by atoms with van der Waals surface area (Å²) in [5.41, 5.74) is 1.27. The largest absolute Gasteiger partial charge is 0.541 e. The summed E-state index contributed by atoms with van der Waals surface area (Å²) in [7, 11) is 4.12. The van der Waals surface area contributed by atoms with Gasteiger partial charge < -0.3 is 23.4 Å². The molecule has 0 bridgehead atoms. The molecule has 0 atom stereocenters. The molecule has 6 nitrogen and oxygen atoms in total. The van der Waals surface area contributed by atoms with Gasteiger partial charge in [0.1, 0.15) is 5.75 Å². The molecule has 0 N–H and O–H groups in total. The number of hydrogen-bond acceptors (Lipinski definition) is 6. The molecule has 0 amide bonds. The van der Waals surface area contributed by atoms with Gasteiger partial charge in [-0.1, -0.05) is 32.9 Å². The van der Waals surface area contributed by atoms with Crippen molar-refractivity contribution < 1.29 is 28.2 Å². The molecular weight excluding hydrogens is 424 g/mol. The molecule has 0 saturated heterocycles. The molecule has 2 rings (SSSR count). The second kappa shape index (κ2) is 10.1. The van der Waals surface area contributed by atoms with E-state index in [0.717, 1.165) is 5.56 Å². The summed E-state index contributed by atoms with van der Waals surface area (Å²) in [5, 5.41) is 0.0479. The summed E-state index contributed by atoms with van der Waals surface area (Å²) in [6.07, 6.45) is 3.27. The summed E-state index contributed by atoms with van der Waals surface area (Å²) < 4.78 is 27.9. The van der Waals surface area contributed by atoms with E-state index in [9.17, 15) is 4.79 Å². The number of methoxy groups -OCH3 is 4. The van der Waals surface area contributed by atoms with Crippen LogP contribution >= 0.6 is 0 Å². The molecule has 0 aliphatic carbocycles. The molecule has 0 fully saturated rings. The van der Waals surface area contributed by atoms with E-state index in [1.807, 2.05) is 18.2 Å². The maximum absolute atomic E-state index is 12.8. The van der Waals surface area contributed by atoms with Crippen molar-refractivity contribution in [2.75, 3.05) is 28.4 Å². The van der Waals surface area contributed by atoms with Crippen molar-refractivity contribution in [3.8, 4) is 28.7 Å². The van der Waals surface area contributed by atoms with Crippen LogP contribution in [0.15, 0.2) is 36.4 Å². The van der Waals surface area contributed by atoms with E-state index in [-0.39, 0.29) is 10.8 Å². The number of ketones is 1. The molecule has 2 aromatic carbocycles. The van der Waals surface area contributed by atoms with Crippen LogP contribution in [0.5, 0.6) is 28.7 Å². The van der Waals surface area contributed by atoms with Crippen molar-refractivity contribution in [3.05, 3.63) is 47.5 Å². The molecule has 0 spiro atoms. The van der Waals surface area contributed by atoms with E-state index in [2.05, 4.69) is 33.9 Å². The first-order chi connectivity index (χ1) is 15.0. The van der Waals surface area contributed by atoms with E-state index >= 15 is 0 Å². The van der Waals surface area contributed by atoms with E-state index in [1.165, 1.54) is 27.4 Å². The van der Waals surface area contributed by atoms with Crippen LogP contribution in [0.25, 0.3) is 6.08 Å². The van der Waals surface area contributed by atoms with Crippen molar-refractivity contribution in [1.82, 2.24) is 0 Å². The number of ether oxygens (including phenoxy) is 4. The Morgan fingerprint density at radius 2 is 1.38 bits per heavy atom. The third-order valence-corrected chi connectivity index (χ3v) is 10.1. The normalized spacial score (nSPS) is 11.9. The molecule has 0 unspecified atom stereocenters. The zero-order valence-electron chi connectivity index (χ0n) is 20.5. The zero-order valence-corrected chi connectivity index (χ0v) is 21.5. The zero-order chi connectivity index (χ0) is 24.1. The Balaban J connectivity index is 2.35. The minimum atomic E-state index is -2.05. The molecule has 174 valence electrons. The SMILES string of the molecule is COc1ccc(C=CC(=O)c2cc(OC)c(OC)c(OC)c2)cc1O[Si](C)(C)C(C)(C)C. The summed E-state index contributed by atoms with van der Waals surface area (Å²) in [6.45, 7) is 10.9. The van der Waals surface area contributed by atoms with Crippen molar-refractivity contribution in [2.24, 2.45) is 0 Å². The highest BCUT2D eigenvalue weighted by Gasteiger charge is 2.39. The minimum absolute atomic E-state index is 0.0479. The fourth-order valence-corrected chi connectivity index (χ4v) is 3.81. The monoisotopic (exact) mass is 458 g/mol. The lowest BCUT2D eigenvalue weighted by Crippen LogP contribution is -2.43. The lowest BCUT2D eigenvalue weighted by atomic mass is 10.1. The van der Waals surface area contributed by atoms with Gasteiger partial charge in [-0.3, -0.25) is 4.79 Å². The topological polar surface area (TPSA) is 63.2 Å². The summed E-state index contributed by atoms with van der Waals surface area (Å²) in [6, 6.07) is 8.91. The molecule has 7 heteroatoms. The fourth-order valence-electron chi connectivity index (χ4n) is 2.80. The number of carbonyl (C=O) groups excluding carboxylic acids is 1. The number of allylic oxidation sites excluding steroid dienone is 1. The Hall–Kier alpha value is -2.93. The van der Waals surface area contributed by atoms with Crippen molar-refractivity contribution >= 4 is 20.2 Å². The van der Waals surface area contributed by atoms with Crippen molar-refractivity contribution in [1.29, 1.82) is 0 Å². The smallest absolute Gasteiger partial charge is 0.250 e. The second-order valence-corrected chi connectivity index (χ2v) is 13.6. The first-order valence-corrected chi connectivity index (χ1v) is 13.3. The van der Waals surface area contributed by atoms with Gasteiger partial charge in [0.25, 0.3) is 8.32 Å². The van der Waals surface area contributed by atoms with Gasteiger partial charge >= 0.3 is 0 Å². The lowest BCUT2D eigenvalue weighted by Gasteiger charge is -2.36. The number of carbonyl (C=O) groups is 1. The van der Waals surface area contributed by atoms with Gasteiger partial charge in [-0.2, -0.15) is 0 Å². The maximum atomic E-state index is 12.8. The highest BCUT2D eigenvalue weighted by molar-refractivity contribution is 6.74. The average molecular weight is 459 g/mol. The third kappa shape index (κ3) is 5.65. The van der Waals surface area contributed by atoms with Crippen LogP contribution in [0.3, 0.4) is 0 Å². The van der Waals surface area contributed by atoms with Gasteiger partial charge in [0.05, 0.1) is 28.4 Å². The van der Waals surface area contributed by atoms with Gasteiger partial charge in [-0.15, -0.1) is 0 Å². The Morgan fingerprint density at radius 1 is 0.812 bits per heavy atom. The number of benzene rings is 2. The Morgan fingerprint density at radius 3 is 1.84 bits per heavy atom. The lowest BCUT2D eigenvalue weighted by molar-refractivity contribution is 0.104. The molecule has 32 heavy (non-hydrogen) atoms. The van der Waals surface area contributed by atoms with Gasteiger partial charge in [-0.25, -0.2) is 0 Å². The quantitative estimate of drug-likeness (QED) is 0.261. The van der Waals surface area contributed by atoms with Crippen LogP contribution in [0.2, 0.25) is 18.1 Å². The third-order valence-electron chi connectivity index (χ3n) is 5.74. The molecule has 0 radical (unpaired) electrons. The van der Waals surface area contributed by atoms with E-state index in [4.69, 9.17) is 23.4 Å². The van der Waals surface area contributed by atoms with E-state index < -0.39 is 8.32 Å². The molecule has 0 heterocycles. The molecule has 0 saturated carbocycles. The van der Waals surface area contributed by atoms with Gasteiger partial charge in [-0.05, 0) is 54.0 Å². The summed E-state index contributed by atoms with van der Waals surface area (Å²) >= 11 is 0. The van der Waals surface area contributed by atoms with Crippen LogP contribution in [-0.4, -0.2) is 42.5 Å². The van der Waals surface area contributed by atoms with Crippen molar-refractivity contribution in [3.63, 3.8) is 0 Å². The van der Waals surface area contributed by atoms with Crippen LogP contribution < -0.4 is 23.4 Å². The van der Waals surface area contributed by atoms with Crippen LogP contribution in [0.4, 0.5) is 0 Å². The standard InChI is InChI=1S/C25H34O6Si/c1-25(2,3)32(8,9)31-21-14-17(11-13-20(21)27-4)10-12-19(26)18-15-22(28-5)24(30-7)23(16-18)29-6/h10-16H,1-9H3. The second-order valence-electron chi connectivity index (χ2n) is 8.88. The molecular formula is C25H34O6Si. The summed E-state index contributed by atoms with van der Waals surface area (Å²) in [5.74, 6) is 2.46. The molecule has 0 aliphatic rings. The van der Waals surface area contributed by atoms with Gasteiger partial charge in [0, 0.05) is 5.56 Å². The van der Waals surface area contributed by atoms with Gasteiger partial charge in [0.15, 0.2) is 23.0 Å². The first kappa shape index (κ1) is 25.3. The minimum Gasteiger partial charge on any atom is -0.541 e. The fraction of sp³-hybridized carbons (Fsp3) is 0.400. The average Bonchev–Trinajstić information content (AvgIpc) is 2.75. The van der Waals surface area contributed by atoms with E-state index in [0.29, 0.717) is 34.3 Å². The van der Waals surface area contributed by atoms with Crippen LogP contribution in [0, 0.1) is 0 Å².